The third-order valence-electron chi connectivity index (χ3n) is 2.49. The summed E-state index contributed by atoms with van der Waals surface area (Å²) in [5, 5.41) is 0. The van der Waals surface area contributed by atoms with Crippen molar-refractivity contribution in [1.82, 2.24) is 0 Å². The summed E-state index contributed by atoms with van der Waals surface area (Å²) < 4.78 is 23.1. The third kappa shape index (κ3) is 1.68. The quantitative estimate of drug-likeness (QED) is 0.775. The summed E-state index contributed by atoms with van der Waals surface area (Å²) in [5.74, 6) is -0.247. The molecule has 1 aliphatic rings. The van der Waals surface area contributed by atoms with E-state index in [-0.39, 0.29) is 10.7 Å². The van der Waals surface area contributed by atoms with E-state index >= 15 is 0 Å². The van der Waals surface area contributed by atoms with E-state index in [2.05, 4.69) is 0 Å². The molecule has 0 fully saturated rings. The third-order valence-corrected chi connectivity index (χ3v) is 3.65. The van der Waals surface area contributed by atoms with Crippen LogP contribution in [0.3, 0.4) is 0 Å². The van der Waals surface area contributed by atoms with Crippen LogP contribution in [0.4, 0.5) is 0 Å². The summed E-state index contributed by atoms with van der Waals surface area (Å²) in [7, 11) is -3.37. The number of Topliss-reactive ketones (excluding diaryl/α,β-unsaturated/α-hetero) is 1. The van der Waals surface area contributed by atoms with Crippen molar-refractivity contribution in [2.75, 3.05) is 6.26 Å². The normalized spacial score (nSPS) is 20.2. The first-order chi connectivity index (χ1) is 7.41. The summed E-state index contributed by atoms with van der Waals surface area (Å²) in [6, 6.07) is 5.72. The molecule has 2 N–H and O–H groups in total. The molecule has 0 bridgehead atoms. The molecule has 0 aromatic heterocycles. The first-order valence-electron chi connectivity index (χ1n) is 4.72. The van der Waals surface area contributed by atoms with E-state index in [1.54, 1.807) is 24.3 Å². The first-order valence-corrected chi connectivity index (χ1v) is 6.61. The molecule has 0 amide bonds. The molecule has 1 atom stereocenters. The molecule has 84 valence electrons. The highest BCUT2D eigenvalue weighted by atomic mass is 32.2. The molecule has 0 saturated heterocycles. The summed E-state index contributed by atoms with van der Waals surface area (Å²) in [6.07, 6.45) is 2.41. The molecule has 1 aliphatic carbocycles. The van der Waals surface area contributed by atoms with Gasteiger partial charge in [-0.3, -0.25) is 4.79 Å². The molecule has 0 saturated carbocycles. The Morgan fingerprint density at radius 3 is 2.31 bits per heavy atom. The van der Waals surface area contributed by atoms with Crippen molar-refractivity contribution in [2.24, 2.45) is 5.73 Å². The van der Waals surface area contributed by atoms with Crippen molar-refractivity contribution >= 4 is 20.5 Å². The number of hydrogen-bond donors (Lipinski definition) is 1. The van der Waals surface area contributed by atoms with Gasteiger partial charge in [-0.15, -0.1) is 0 Å². The predicted molar refractivity (Wildman–Crippen MR) is 61.6 cm³/mol. The van der Waals surface area contributed by atoms with E-state index in [0.717, 1.165) is 6.26 Å². The molecule has 1 unspecified atom stereocenters. The van der Waals surface area contributed by atoms with Crippen LogP contribution in [0.2, 0.25) is 0 Å². The van der Waals surface area contributed by atoms with E-state index in [1.807, 2.05) is 0 Å². The Balaban J connectivity index is 2.74. The van der Waals surface area contributed by atoms with E-state index < -0.39 is 15.9 Å². The van der Waals surface area contributed by atoms with Crippen LogP contribution in [0.15, 0.2) is 30.3 Å². The Morgan fingerprint density at radius 1 is 1.19 bits per heavy atom. The maximum absolute atomic E-state index is 11.7. The molecule has 0 heterocycles. The minimum absolute atomic E-state index is 0.134. The summed E-state index contributed by atoms with van der Waals surface area (Å²) in [4.78, 5) is 11.9. The lowest BCUT2D eigenvalue weighted by atomic mass is 9.93. The van der Waals surface area contributed by atoms with Crippen molar-refractivity contribution in [3.63, 3.8) is 0 Å². The average molecular weight is 237 g/mol. The van der Waals surface area contributed by atoms with Gasteiger partial charge >= 0.3 is 0 Å². The number of benzene rings is 1. The number of carbonyl (C=O) groups excluding carboxylic acids is 1. The van der Waals surface area contributed by atoms with Gasteiger partial charge in [0.15, 0.2) is 15.6 Å². The Kier molecular flexibility index (Phi) is 2.44. The second-order valence-corrected chi connectivity index (χ2v) is 5.72. The lowest BCUT2D eigenvalue weighted by Crippen LogP contribution is -2.33. The number of rotatable bonds is 1. The van der Waals surface area contributed by atoms with E-state index in [1.165, 1.54) is 6.08 Å². The van der Waals surface area contributed by atoms with Crippen LogP contribution in [0.1, 0.15) is 15.9 Å². The van der Waals surface area contributed by atoms with Gasteiger partial charge in [-0.05, 0) is 6.08 Å². The van der Waals surface area contributed by atoms with Gasteiger partial charge in [0, 0.05) is 17.4 Å². The van der Waals surface area contributed by atoms with Gasteiger partial charge in [0.05, 0.1) is 10.9 Å². The monoisotopic (exact) mass is 237 g/mol. The predicted octanol–water partition coefficient (Wildman–Crippen LogP) is 0.596. The molecular weight excluding hydrogens is 226 g/mol. The summed E-state index contributed by atoms with van der Waals surface area (Å²) >= 11 is 0. The molecule has 1 aromatic rings. The Labute approximate surface area is 93.7 Å². The first kappa shape index (κ1) is 11.0. The zero-order valence-electron chi connectivity index (χ0n) is 8.67. The van der Waals surface area contributed by atoms with Crippen LogP contribution >= 0.6 is 0 Å². The number of hydrogen-bond acceptors (Lipinski definition) is 4. The molecule has 0 aliphatic heterocycles. The summed E-state index contributed by atoms with van der Waals surface area (Å²) in [5.41, 5.74) is 6.40. The van der Waals surface area contributed by atoms with Crippen LogP contribution in [0.25, 0.3) is 4.91 Å². The number of carbonyl (C=O) groups is 1. The topological polar surface area (TPSA) is 77.2 Å². The standard InChI is InChI=1S/C11H11NO3S/c1-16(14,15)10-6-9(12)11(13)8-5-3-2-4-7(8)10/h2-6,9H,12H2,1H3. The molecule has 0 radical (unpaired) electrons. The van der Waals surface area contributed by atoms with E-state index in [9.17, 15) is 13.2 Å². The molecule has 16 heavy (non-hydrogen) atoms. The SMILES string of the molecule is CS(=O)(=O)C1=CC(N)C(=O)c2ccccc21. The van der Waals surface area contributed by atoms with Crippen LogP contribution in [0, 0.1) is 0 Å². The molecule has 2 rings (SSSR count). The summed E-state index contributed by atoms with van der Waals surface area (Å²) in [6.45, 7) is 0. The van der Waals surface area contributed by atoms with Gasteiger partial charge in [0.25, 0.3) is 0 Å². The second-order valence-electron chi connectivity index (χ2n) is 3.74. The minimum Gasteiger partial charge on any atom is -0.318 e. The van der Waals surface area contributed by atoms with Gasteiger partial charge in [-0.2, -0.15) is 0 Å². The van der Waals surface area contributed by atoms with Gasteiger partial charge in [-0.25, -0.2) is 8.42 Å². The van der Waals surface area contributed by atoms with Crippen molar-refractivity contribution in [3.8, 4) is 0 Å². The van der Waals surface area contributed by atoms with Crippen molar-refractivity contribution in [1.29, 1.82) is 0 Å². The second kappa shape index (κ2) is 3.54. The van der Waals surface area contributed by atoms with Gasteiger partial charge < -0.3 is 5.73 Å². The zero-order chi connectivity index (χ0) is 11.9. The maximum Gasteiger partial charge on any atom is 0.184 e. The van der Waals surface area contributed by atoms with Crippen molar-refractivity contribution in [3.05, 3.63) is 41.5 Å². The van der Waals surface area contributed by atoms with Crippen LogP contribution in [-0.2, 0) is 9.84 Å². The minimum atomic E-state index is -3.37. The lowest BCUT2D eigenvalue weighted by Gasteiger charge is -2.19. The van der Waals surface area contributed by atoms with Crippen molar-refractivity contribution in [2.45, 2.75) is 6.04 Å². The van der Waals surface area contributed by atoms with Crippen LogP contribution in [-0.4, -0.2) is 26.5 Å². The Hall–Kier alpha value is -1.46. The Bertz CT molecular complexity index is 587. The molecule has 4 nitrogen and oxygen atoms in total. The van der Waals surface area contributed by atoms with E-state index in [4.69, 9.17) is 5.73 Å². The van der Waals surface area contributed by atoms with Gasteiger partial charge in [0.2, 0.25) is 0 Å². The van der Waals surface area contributed by atoms with Crippen molar-refractivity contribution < 1.29 is 13.2 Å². The average Bonchev–Trinajstić information content (AvgIpc) is 2.22. The maximum atomic E-state index is 11.7. The zero-order valence-corrected chi connectivity index (χ0v) is 9.49. The fourth-order valence-electron chi connectivity index (χ4n) is 1.74. The largest absolute Gasteiger partial charge is 0.318 e. The number of fused-ring (bicyclic) bond motifs is 1. The lowest BCUT2D eigenvalue weighted by molar-refractivity contribution is 0.0976. The molecule has 0 spiro atoms. The van der Waals surface area contributed by atoms with Gasteiger partial charge in [0.1, 0.15) is 0 Å². The number of sulfone groups is 1. The van der Waals surface area contributed by atoms with Crippen LogP contribution in [0.5, 0.6) is 0 Å². The van der Waals surface area contributed by atoms with Gasteiger partial charge in [-0.1, -0.05) is 24.3 Å². The Morgan fingerprint density at radius 2 is 1.75 bits per heavy atom. The highest BCUT2D eigenvalue weighted by Crippen LogP contribution is 2.29. The molecule has 5 heteroatoms. The van der Waals surface area contributed by atoms with E-state index in [0.29, 0.717) is 11.1 Å². The molecule has 1 aromatic carbocycles. The van der Waals surface area contributed by atoms with Crippen LogP contribution < -0.4 is 5.73 Å². The number of ketones is 1. The fraction of sp³-hybridized carbons (Fsp3) is 0.182. The molecular formula is C11H11NO3S. The smallest absolute Gasteiger partial charge is 0.184 e. The number of nitrogens with two attached hydrogens (primary N) is 1. The fourth-order valence-corrected chi connectivity index (χ4v) is 2.72. The highest BCUT2D eigenvalue weighted by molar-refractivity contribution is 8.00. The highest BCUT2D eigenvalue weighted by Gasteiger charge is 2.28.